The van der Waals surface area contributed by atoms with Crippen LogP contribution in [0.1, 0.15) is 24.1 Å². The van der Waals surface area contributed by atoms with E-state index in [2.05, 4.69) is 28.8 Å². The van der Waals surface area contributed by atoms with Crippen molar-refractivity contribution in [1.29, 1.82) is 0 Å². The van der Waals surface area contributed by atoms with Gasteiger partial charge in [-0.1, -0.05) is 18.2 Å². The molecular weight excluding hydrogens is 236 g/mol. The molecule has 3 nitrogen and oxygen atoms in total. The Bertz CT molecular complexity index is 573. The maximum absolute atomic E-state index is 10.1. The average molecular weight is 259 g/mol. The van der Waals surface area contributed by atoms with Crippen LogP contribution < -0.4 is 5.32 Å². The third kappa shape index (κ3) is 2.28. The number of rotatable bonds is 4. The van der Waals surface area contributed by atoms with Crippen molar-refractivity contribution in [3.8, 4) is 0 Å². The largest absolute Gasteiger partial charge is 0.385 e. The van der Waals surface area contributed by atoms with E-state index in [9.17, 15) is 5.11 Å². The molecule has 102 valence electrons. The zero-order chi connectivity index (χ0) is 13.2. The molecule has 1 aromatic heterocycles. The highest BCUT2D eigenvalue weighted by atomic mass is 16.3. The number of quaternary nitrogens is 1. The van der Waals surface area contributed by atoms with Gasteiger partial charge in [0.2, 0.25) is 0 Å². The molecule has 1 aliphatic carbocycles. The molecule has 1 aliphatic rings. The Kier molecular flexibility index (Phi) is 3.58. The number of fused-ring (bicyclic) bond motifs is 3. The lowest BCUT2D eigenvalue weighted by Crippen LogP contribution is -2.82. The molecule has 0 bridgehead atoms. The molecule has 3 rings (SSSR count). The molecule has 2 aromatic rings. The molecule has 0 radical (unpaired) electrons. The fourth-order valence-corrected chi connectivity index (χ4v) is 3.35. The van der Waals surface area contributed by atoms with Crippen molar-refractivity contribution in [1.82, 2.24) is 4.57 Å². The maximum atomic E-state index is 10.1. The summed E-state index contributed by atoms with van der Waals surface area (Å²) in [5.41, 5.74) is 4.28. The average Bonchev–Trinajstić information content (AvgIpc) is 2.75. The van der Waals surface area contributed by atoms with Crippen LogP contribution in [0.4, 0.5) is 0 Å². The smallest absolute Gasteiger partial charge is 0.121 e. The van der Waals surface area contributed by atoms with Crippen molar-refractivity contribution in [3.05, 3.63) is 35.5 Å². The van der Waals surface area contributed by atoms with Crippen LogP contribution in [0, 0.1) is 0 Å². The van der Waals surface area contributed by atoms with Crippen LogP contribution in [0.15, 0.2) is 24.3 Å². The second-order valence-electron chi connectivity index (χ2n) is 5.56. The second-order valence-corrected chi connectivity index (χ2v) is 5.56. The quantitative estimate of drug-likeness (QED) is 0.847. The van der Waals surface area contributed by atoms with Gasteiger partial charge in [-0.2, -0.15) is 0 Å². The SMILES string of the molecule is C[NH2+]C[C@@H](O)Cn1c2c(c3ccccc31)CCCC2. The van der Waals surface area contributed by atoms with Gasteiger partial charge in [-0.15, -0.1) is 0 Å². The normalized spacial score (nSPS) is 16.5. The Labute approximate surface area is 114 Å². The molecular formula is C16H23N2O+. The first-order chi connectivity index (χ1) is 9.31. The van der Waals surface area contributed by atoms with Gasteiger partial charge in [0.05, 0.1) is 13.6 Å². The molecule has 0 aliphatic heterocycles. The minimum Gasteiger partial charge on any atom is -0.385 e. The van der Waals surface area contributed by atoms with Gasteiger partial charge in [-0.3, -0.25) is 0 Å². The number of nitrogens with zero attached hydrogens (tertiary/aromatic N) is 1. The topological polar surface area (TPSA) is 41.8 Å². The first-order valence-electron chi connectivity index (χ1n) is 7.36. The zero-order valence-electron chi connectivity index (χ0n) is 11.6. The fraction of sp³-hybridized carbons (Fsp3) is 0.500. The van der Waals surface area contributed by atoms with Gasteiger partial charge >= 0.3 is 0 Å². The summed E-state index contributed by atoms with van der Waals surface area (Å²) in [7, 11) is 2.01. The van der Waals surface area contributed by atoms with Crippen LogP contribution in [0.5, 0.6) is 0 Å². The maximum Gasteiger partial charge on any atom is 0.121 e. The number of hydrogen-bond acceptors (Lipinski definition) is 1. The van der Waals surface area contributed by atoms with E-state index >= 15 is 0 Å². The number of benzene rings is 1. The predicted octanol–water partition coefficient (Wildman–Crippen LogP) is 1.07. The number of aromatic nitrogens is 1. The molecule has 3 N–H and O–H groups in total. The van der Waals surface area contributed by atoms with Crippen molar-refractivity contribution in [3.63, 3.8) is 0 Å². The number of nitrogens with two attached hydrogens (primary N) is 1. The zero-order valence-corrected chi connectivity index (χ0v) is 11.6. The van der Waals surface area contributed by atoms with Gasteiger partial charge in [0, 0.05) is 16.6 Å². The molecule has 1 aromatic carbocycles. The van der Waals surface area contributed by atoms with Gasteiger partial charge in [0.15, 0.2) is 0 Å². The van der Waals surface area contributed by atoms with E-state index in [1.54, 1.807) is 0 Å². The Morgan fingerprint density at radius 3 is 2.89 bits per heavy atom. The van der Waals surface area contributed by atoms with Gasteiger partial charge in [-0.25, -0.2) is 0 Å². The Hall–Kier alpha value is -1.32. The molecule has 3 heteroatoms. The summed E-state index contributed by atoms with van der Waals surface area (Å²) in [6, 6.07) is 8.64. The Morgan fingerprint density at radius 1 is 1.26 bits per heavy atom. The third-order valence-electron chi connectivity index (χ3n) is 4.19. The molecule has 0 spiro atoms. The van der Waals surface area contributed by atoms with Crippen molar-refractivity contribution >= 4 is 10.9 Å². The number of aliphatic hydroxyl groups excluding tert-OH is 1. The van der Waals surface area contributed by atoms with E-state index in [0.717, 1.165) is 19.5 Å². The van der Waals surface area contributed by atoms with Crippen LogP contribution in [0.25, 0.3) is 10.9 Å². The summed E-state index contributed by atoms with van der Waals surface area (Å²) in [6.07, 6.45) is 4.66. The lowest BCUT2D eigenvalue weighted by atomic mass is 9.95. The molecule has 0 unspecified atom stereocenters. The molecule has 1 heterocycles. The fourth-order valence-electron chi connectivity index (χ4n) is 3.35. The van der Waals surface area contributed by atoms with E-state index in [-0.39, 0.29) is 6.10 Å². The Morgan fingerprint density at radius 2 is 2.05 bits per heavy atom. The minimum absolute atomic E-state index is 0.271. The van der Waals surface area contributed by atoms with Crippen LogP contribution in [0.3, 0.4) is 0 Å². The molecule has 0 saturated heterocycles. The highest BCUT2D eigenvalue weighted by molar-refractivity contribution is 5.85. The number of aryl methyl sites for hydroxylation is 1. The standard InChI is InChI=1S/C16H22N2O/c1-17-10-12(19)11-18-15-8-4-2-6-13(15)14-7-3-5-9-16(14)18/h2,4,6,8,12,17,19H,3,5,7,9-11H2,1H3/p+1/t12-/m1/s1. The summed E-state index contributed by atoms with van der Waals surface area (Å²) < 4.78 is 2.36. The van der Waals surface area contributed by atoms with Crippen LogP contribution in [-0.4, -0.2) is 29.4 Å². The summed E-state index contributed by atoms with van der Waals surface area (Å²) in [6.45, 7) is 1.49. The first-order valence-corrected chi connectivity index (χ1v) is 7.36. The van der Waals surface area contributed by atoms with E-state index in [1.165, 1.54) is 41.4 Å². The van der Waals surface area contributed by atoms with Crippen molar-refractivity contribution < 1.29 is 10.4 Å². The van der Waals surface area contributed by atoms with Gasteiger partial charge < -0.3 is 15.0 Å². The van der Waals surface area contributed by atoms with Gasteiger partial charge in [0.25, 0.3) is 0 Å². The van der Waals surface area contributed by atoms with Crippen molar-refractivity contribution in [2.75, 3.05) is 13.6 Å². The first kappa shape index (κ1) is 12.7. The molecule has 0 fully saturated rings. The van der Waals surface area contributed by atoms with E-state index < -0.39 is 0 Å². The summed E-state index contributed by atoms with van der Waals surface area (Å²) in [4.78, 5) is 0. The minimum atomic E-state index is -0.271. The van der Waals surface area contributed by atoms with E-state index in [1.807, 2.05) is 12.4 Å². The van der Waals surface area contributed by atoms with Gasteiger partial charge in [0.1, 0.15) is 12.6 Å². The van der Waals surface area contributed by atoms with Crippen LogP contribution in [-0.2, 0) is 19.4 Å². The van der Waals surface area contributed by atoms with Crippen molar-refractivity contribution in [2.24, 2.45) is 0 Å². The highest BCUT2D eigenvalue weighted by Crippen LogP contribution is 2.32. The number of aliphatic hydroxyl groups is 1. The van der Waals surface area contributed by atoms with Crippen LogP contribution in [0.2, 0.25) is 0 Å². The lowest BCUT2D eigenvalue weighted by Gasteiger charge is -2.17. The highest BCUT2D eigenvalue weighted by Gasteiger charge is 2.21. The summed E-state index contributed by atoms with van der Waals surface area (Å²) >= 11 is 0. The number of likely N-dealkylation sites (N-methyl/N-ethyl adjacent to an activating group) is 1. The summed E-state index contributed by atoms with van der Waals surface area (Å²) in [5.74, 6) is 0. The Balaban J connectivity index is 2.06. The molecule has 19 heavy (non-hydrogen) atoms. The number of hydrogen-bond donors (Lipinski definition) is 2. The number of para-hydroxylation sites is 1. The molecule has 1 atom stereocenters. The van der Waals surface area contributed by atoms with Crippen molar-refractivity contribution in [2.45, 2.75) is 38.3 Å². The van der Waals surface area contributed by atoms with Crippen LogP contribution >= 0.6 is 0 Å². The third-order valence-corrected chi connectivity index (χ3v) is 4.19. The lowest BCUT2D eigenvalue weighted by molar-refractivity contribution is -0.634. The van der Waals surface area contributed by atoms with E-state index in [0.29, 0.717) is 0 Å². The summed E-state index contributed by atoms with van der Waals surface area (Å²) in [5, 5.41) is 13.6. The van der Waals surface area contributed by atoms with E-state index in [4.69, 9.17) is 0 Å². The van der Waals surface area contributed by atoms with Gasteiger partial charge in [-0.05, 0) is 37.3 Å². The molecule has 0 saturated carbocycles. The molecule has 0 amide bonds. The monoisotopic (exact) mass is 259 g/mol. The second kappa shape index (κ2) is 5.35. The predicted molar refractivity (Wildman–Crippen MR) is 77.3 cm³/mol.